The van der Waals surface area contributed by atoms with E-state index in [0.29, 0.717) is 12.2 Å². The highest BCUT2D eigenvalue weighted by Gasteiger charge is 2.19. The van der Waals surface area contributed by atoms with Gasteiger partial charge in [-0.1, -0.05) is 12.1 Å². The Hall–Kier alpha value is -3.39. The second-order valence-corrected chi connectivity index (χ2v) is 9.57. The third-order valence-corrected chi connectivity index (χ3v) is 6.15. The van der Waals surface area contributed by atoms with Gasteiger partial charge in [-0.25, -0.2) is 8.42 Å². The Kier molecular flexibility index (Phi) is 5.65. The molecule has 2 aromatic heterocycles. The number of aliphatic imine (C=N–C) groups is 1. The van der Waals surface area contributed by atoms with Crippen LogP contribution in [-0.4, -0.2) is 36.3 Å². The second kappa shape index (κ2) is 8.39. The molecule has 0 aliphatic carbocycles. The molecule has 0 spiro atoms. The lowest BCUT2D eigenvalue weighted by atomic mass is 10.0. The van der Waals surface area contributed by atoms with Crippen molar-refractivity contribution >= 4 is 21.5 Å². The van der Waals surface area contributed by atoms with Crippen LogP contribution in [0, 0.1) is 6.92 Å². The van der Waals surface area contributed by atoms with Gasteiger partial charge in [0.05, 0.1) is 29.3 Å². The smallest absolute Gasteiger partial charge is 0.226 e. The fraction of sp³-hybridized carbons (Fsp3) is 0.217. The zero-order valence-corrected chi connectivity index (χ0v) is 18.1. The average Bonchev–Trinajstić information content (AvgIpc) is 3.15. The topological polar surface area (TPSA) is 101 Å². The number of benzene rings is 1. The SMILES string of the molecule is Cc1cc(C2=NCc3cc(CC(=O)NCc4cccc(S(C)(=O)=O)c4)ncc32)ccn1. The summed E-state index contributed by atoms with van der Waals surface area (Å²) in [6.45, 7) is 2.75. The number of amides is 1. The maximum absolute atomic E-state index is 12.4. The van der Waals surface area contributed by atoms with Gasteiger partial charge in [-0.2, -0.15) is 0 Å². The van der Waals surface area contributed by atoms with Gasteiger partial charge in [0.2, 0.25) is 5.91 Å². The average molecular weight is 435 g/mol. The minimum atomic E-state index is -3.28. The van der Waals surface area contributed by atoms with Gasteiger partial charge in [-0.05, 0) is 48.4 Å². The molecule has 3 heterocycles. The fourth-order valence-electron chi connectivity index (χ4n) is 3.49. The zero-order valence-electron chi connectivity index (χ0n) is 17.3. The predicted octanol–water partition coefficient (Wildman–Crippen LogP) is 2.40. The third-order valence-electron chi connectivity index (χ3n) is 5.04. The van der Waals surface area contributed by atoms with Crippen LogP contribution in [0.3, 0.4) is 0 Å². The lowest BCUT2D eigenvalue weighted by Gasteiger charge is -2.08. The molecular weight excluding hydrogens is 412 g/mol. The van der Waals surface area contributed by atoms with Crippen molar-refractivity contribution in [3.05, 3.63) is 88.5 Å². The quantitative estimate of drug-likeness (QED) is 0.642. The summed E-state index contributed by atoms with van der Waals surface area (Å²) in [7, 11) is -3.28. The fourth-order valence-corrected chi connectivity index (χ4v) is 4.18. The number of hydrogen-bond acceptors (Lipinski definition) is 6. The van der Waals surface area contributed by atoms with Gasteiger partial charge in [0.1, 0.15) is 0 Å². The molecule has 1 N–H and O–H groups in total. The maximum atomic E-state index is 12.4. The Labute approximate surface area is 181 Å². The van der Waals surface area contributed by atoms with Crippen LogP contribution in [0.15, 0.2) is 64.7 Å². The number of aryl methyl sites for hydroxylation is 1. The van der Waals surface area contributed by atoms with Gasteiger partial charge in [0, 0.05) is 42.0 Å². The number of pyridine rings is 2. The molecule has 1 amide bonds. The lowest BCUT2D eigenvalue weighted by molar-refractivity contribution is -0.120. The number of sulfone groups is 1. The second-order valence-electron chi connectivity index (χ2n) is 7.56. The van der Waals surface area contributed by atoms with Crippen molar-refractivity contribution in [1.82, 2.24) is 15.3 Å². The van der Waals surface area contributed by atoms with E-state index in [0.717, 1.165) is 39.9 Å². The Balaban J connectivity index is 1.40. The van der Waals surface area contributed by atoms with Gasteiger partial charge in [0.25, 0.3) is 0 Å². The van der Waals surface area contributed by atoms with E-state index in [1.54, 1.807) is 36.7 Å². The molecule has 0 fully saturated rings. The summed E-state index contributed by atoms with van der Waals surface area (Å²) in [4.78, 5) is 25.9. The maximum Gasteiger partial charge on any atom is 0.226 e. The van der Waals surface area contributed by atoms with Crippen LogP contribution < -0.4 is 5.32 Å². The molecule has 1 aliphatic rings. The lowest BCUT2D eigenvalue weighted by Crippen LogP contribution is -2.25. The van der Waals surface area contributed by atoms with Gasteiger partial charge >= 0.3 is 0 Å². The zero-order chi connectivity index (χ0) is 22.0. The molecule has 0 radical (unpaired) electrons. The summed E-state index contributed by atoms with van der Waals surface area (Å²) in [5.74, 6) is -0.180. The molecule has 0 bridgehead atoms. The van der Waals surface area contributed by atoms with Crippen molar-refractivity contribution in [2.75, 3.05) is 6.26 Å². The molecule has 0 saturated heterocycles. The van der Waals surface area contributed by atoms with Crippen LogP contribution in [0.5, 0.6) is 0 Å². The van der Waals surface area contributed by atoms with Crippen LogP contribution in [0.2, 0.25) is 0 Å². The number of rotatable bonds is 6. The molecule has 0 atom stereocenters. The van der Waals surface area contributed by atoms with Crippen molar-refractivity contribution in [2.45, 2.75) is 31.3 Å². The number of hydrogen-bond donors (Lipinski definition) is 1. The van der Waals surface area contributed by atoms with E-state index in [2.05, 4.69) is 20.3 Å². The molecule has 1 aliphatic heterocycles. The number of fused-ring (bicyclic) bond motifs is 1. The van der Waals surface area contributed by atoms with Gasteiger partial charge < -0.3 is 5.32 Å². The Morgan fingerprint density at radius 1 is 1.13 bits per heavy atom. The van der Waals surface area contributed by atoms with Crippen LogP contribution >= 0.6 is 0 Å². The highest BCUT2D eigenvalue weighted by Crippen LogP contribution is 2.23. The molecule has 4 rings (SSSR count). The highest BCUT2D eigenvalue weighted by molar-refractivity contribution is 7.90. The van der Waals surface area contributed by atoms with Crippen LogP contribution in [-0.2, 0) is 34.1 Å². The van der Waals surface area contributed by atoms with Crippen molar-refractivity contribution < 1.29 is 13.2 Å². The van der Waals surface area contributed by atoms with Gasteiger partial charge in [0.15, 0.2) is 9.84 Å². The van der Waals surface area contributed by atoms with Crippen molar-refractivity contribution in [3.63, 3.8) is 0 Å². The Morgan fingerprint density at radius 3 is 2.74 bits per heavy atom. The van der Waals surface area contributed by atoms with Crippen LogP contribution in [0.25, 0.3) is 0 Å². The van der Waals surface area contributed by atoms with Crippen molar-refractivity contribution in [2.24, 2.45) is 4.99 Å². The van der Waals surface area contributed by atoms with E-state index in [4.69, 9.17) is 0 Å². The first-order chi connectivity index (χ1) is 14.8. The van der Waals surface area contributed by atoms with Crippen molar-refractivity contribution in [1.29, 1.82) is 0 Å². The Morgan fingerprint density at radius 2 is 1.97 bits per heavy atom. The first-order valence-corrected chi connectivity index (χ1v) is 11.7. The summed E-state index contributed by atoms with van der Waals surface area (Å²) in [6.07, 6.45) is 4.84. The van der Waals surface area contributed by atoms with Crippen molar-refractivity contribution in [3.8, 4) is 0 Å². The van der Waals surface area contributed by atoms with Gasteiger partial charge in [-0.3, -0.25) is 19.8 Å². The molecule has 3 aromatic rings. The minimum absolute atomic E-state index is 0.142. The monoisotopic (exact) mass is 434 g/mol. The van der Waals surface area contributed by atoms with E-state index in [1.165, 1.54) is 0 Å². The summed E-state index contributed by atoms with van der Waals surface area (Å²) in [5, 5.41) is 2.83. The largest absolute Gasteiger partial charge is 0.352 e. The molecule has 7 nitrogen and oxygen atoms in total. The molecule has 0 saturated carbocycles. The van der Waals surface area contributed by atoms with E-state index in [1.807, 2.05) is 25.1 Å². The first kappa shape index (κ1) is 20.9. The number of aromatic nitrogens is 2. The normalized spacial score (nSPS) is 12.9. The third kappa shape index (κ3) is 4.86. The first-order valence-electron chi connectivity index (χ1n) is 9.81. The molecular formula is C23H22N4O3S. The summed E-state index contributed by atoms with van der Waals surface area (Å²) >= 11 is 0. The summed E-state index contributed by atoms with van der Waals surface area (Å²) in [5.41, 5.74) is 6.25. The predicted molar refractivity (Wildman–Crippen MR) is 118 cm³/mol. The van der Waals surface area contributed by atoms with E-state index < -0.39 is 9.84 Å². The standard InChI is InChI=1S/C23H22N4O3S/c1-15-8-17(6-7-24-15)23-21-14-25-19(10-18(21)13-27-23)11-22(28)26-12-16-4-3-5-20(9-16)31(2,29)30/h3-10,14H,11-13H2,1-2H3,(H,26,28). The number of carbonyl (C=O) groups is 1. The number of nitrogens with one attached hydrogen (secondary N) is 1. The Bertz CT molecular complexity index is 1300. The minimum Gasteiger partial charge on any atom is -0.352 e. The molecule has 158 valence electrons. The molecule has 0 unspecified atom stereocenters. The van der Waals surface area contributed by atoms with E-state index in [9.17, 15) is 13.2 Å². The number of nitrogens with zero attached hydrogens (tertiary/aromatic N) is 3. The molecule has 8 heteroatoms. The summed E-state index contributed by atoms with van der Waals surface area (Å²) in [6, 6.07) is 12.4. The van der Waals surface area contributed by atoms with E-state index in [-0.39, 0.29) is 23.8 Å². The van der Waals surface area contributed by atoms with Crippen LogP contribution in [0.4, 0.5) is 0 Å². The number of carbonyl (C=O) groups excluding carboxylic acids is 1. The molecule has 31 heavy (non-hydrogen) atoms. The van der Waals surface area contributed by atoms with Crippen LogP contribution in [0.1, 0.15) is 33.6 Å². The van der Waals surface area contributed by atoms with Gasteiger partial charge in [-0.15, -0.1) is 0 Å². The summed E-state index contributed by atoms with van der Waals surface area (Å²) < 4.78 is 23.4. The van der Waals surface area contributed by atoms with E-state index >= 15 is 0 Å². The highest BCUT2D eigenvalue weighted by atomic mass is 32.2. The molecule has 1 aromatic carbocycles.